The summed E-state index contributed by atoms with van der Waals surface area (Å²) in [5.41, 5.74) is 8.30. The number of hydrogen-bond donors (Lipinski definition) is 2. The van der Waals surface area contributed by atoms with Gasteiger partial charge in [-0.25, -0.2) is 0 Å². The Labute approximate surface area is 94.4 Å². The zero-order valence-corrected chi connectivity index (χ0v) is 9.51. The van der Waals surface area contributed by atoms with Gasteiger partial charge >= 0.3 is 0 Å². The SMILES string of the molecule is CCC(N)Cc1c[nH]c2cc(Cl)ccc12. The minimum atomic E-state index is 0.236. The highest BCUT2D eigenvalue weighted by molar-refractivity contribution is 6.31. The highest BCUT2D eigenvalue weighted by atomic mass is 35.5. The molecule has 0 spiro atoms. The van der Waals surface area contributed by atoms with Crippen LogP contribution < -0.4 is 5.73 Å². The maximum Gasteiger partial charge on any atom is 0.0471 e. The van der Waals surface area contributed by atoms with Crippen LogP contribution in [0.25, 0.3) is 10.9 Å². The molecule has 80 valence electrons. The fourth-order valence-corrected chi connectivity index (χ4v) is 1.93. The third kappa shape index (κ3) is 2.16. The quantitative estimate of drug-likeness (QED) is 0.824. The molecule has 1 heterocycles. The van der Waals surface area contributed by atoms with E-state index in [0.717, 1.165) is 23.4 Å². The van der Waals surface area contributed by atoms with Gasteiger partial charge in [-0.1, -0.05) is 24.6 Å². The van der Waals surface area contributed by atoms with Crippen molar-refractivity contribution in [1.82, 2.24) is 4.98 Å². The first-order chi connectivity index (χ1) is 7.20. The molecule has 15 heavy (non-hydrogen) atoms. The highest BCUT2D eigenvalue weighted by Crippen LogP contribution is 2.22. The standard InChI is InChI=1S/C12H15ClN2/c1-2-10(14)5-8-7-15-12-6-9(13)3-4-11(8)12/h3-4,6-7,10,15H,2,5,14H2,1H3. The third-order valence-electron chi connectivity index (χ3n) is 2.74. The topological polar surface area (TPSA) is 41.8 Å². The van der Waals surface area contributed by atoms with Gasteiger partial charge in [-0.2, -0.15) is 0 Å². The van der Waals surface area contributed by atoms with Crippen molar-refractivity contribution in [2.24, 2.45) is 5.73 Å². The van der Waals surface area contributed by atoms with E-state index in [-0.39, 0.29) is 6.04 Å². The molecular weight excluding hydrogens is 208 g/mol. The molecule has 1 aromatic carbocycles. The van der Waals surface area contributed by atoms with Gasteiger partial charge in [-0.05, 0) is 30.5 Å². The molecule has 0 bridgehead atoms. The van der Waals surface area contributed by atoms with Gasteiger partial charge in [0.15, 0.2) is 0 Å². The van der Waals surface area contributed by atoms with Crippen LogP contribution >= 0.6 is 11.6 Å². The predicted octanol–water partition coefficient (Wildman–Crippen LogP) is 3.10. The van der Waals surface area contributed by atoms with Gasteiger partial charge in [0.1, 0.15) is 0 Å². The Hall–Kier alpha value is -0.990. The monoisotopic (exact) mass is 222 g/mol. The molecule has 2 aromatic rings. The lowest BCUT2D eigenvalue weighted by Crippen LogP contribution is -2.21. The van der Waals surface area contributed by atoms with Gasteiger partial charge in [0.2, 0.25) is 0 Å². The molecule has 2 rings (SSSR count). The van der Waals surface area contributed by atoms with Crippen LogP contribution in [0, 0.1) is 0 Å². The second-order valence-corrected chi connectivity index (χ2v) is 4.31. The maximum absolute atomic E-state index is 5.95. The number of aromatic amines is 1. The van der Waals surface area contributed by atoms with Crippen LogP contribution in [0.4, 0.5) is 0 Å². The van der Waals surface area contributed by atoms with Crippen molar-refractivity contribution in [3.8, 4) is 0 Å². The van der Waals surface area contributed by atoms with Crippen LogP contribution in [-0.4, -0.2) is 11.0 Å². The first kappa shape index (κ1) is 10.5. The zero-order valence-electron chi connectivity index (χ0n) is 8.76. The van der Waals surface area contributed by atoms with Gasteiger partial charge in [-0.3, -0.25) is 0 Å². The first-order valence-electron chi connectivity index (χ1n) is 5.21. The number of H-pyrrole nitrogens is 1. The Kier molecular flexibility index (Phi) is 2.98. The van der Waals surface area contributed by atoms with Crippen molar-refractivity contribution in [1.29, 1.82) is 0 Å². The Morgan fingerprint density at radius 3 is 3.00 bits per heavy atom. The summed E-state index contributed by atoms with van der Waals surface area (Å²) in [6.45, 7) is 2.11. The molecule has 0 aliphatic rings. The summed E-state index contributed by atoms with van der Waals surface area (Å²) in [5, 5.41) is 1.99. The van der Waals surface area contributed by atoms with Gasteiger partial charge in [0.25, 0.3) is 0 Å². The summed E-state index contributed by atoms with van der Waals surface area (Å²) in [5.74, 6) is 0. The Balaban J connectivity index is 2.36. The molecule has 0 aliphatic carbocycles. The van der Waals surface area contributed by atoms with Gasteiger partial charge in [-0.15, -0.1) is 0 Å². The zero-order chi connectivity index (χ0) is 10.8. The largest absolute Gasteiger partial charge is 0.361 e. The van der Waals surface area contributed by atoms with Crippen molar-refractivity contribution < 1.29 is 0 Å². The molecule has 3 heteroatoms. The van der Waals surface area contributed by atoms with Crippen molar-refractivity contribution in [3.63, 3.8) is 0 Å². The van der Waals surface area contributed by atoms with Gasteiger partial charge in [0, 0.05) is 28.2 Å². The molecule has 1 atom stereocenters. The molecule has 1 aromatic heterocycles. The van der Waals surface area contributed by atoms with E-state index in [1.807, 2.05) is 24.4 Å². The molecule has 0 amide bonds. The Morgan fingerprint density at radius 1 is 1.47 bits per heavy atom. The molecule has 0 saturated carbocycles. The van der Waals surface area contributed by atoms with Crippen molar-refractivity contribution in [2.45, 2.75) is 25.8 Å². The number of aromatic nitrogens is 1. The predicted molar refractivity (Wildman–Crippen MR) is 65.3 cm³/mol. The average molecular weight is 223 g/mol. The van der Waals surface area contributed by atoms with E-state index in [0.29, 0.717) is 0 Å². The maximum atomic E-state index is 5.95. The number of nitrogens with two attached hydrogens (primary N) is 1. The summed E-state index contributed by atoms with van der Waals surface area (Å²) in [6.07, 6.45) is 3.94. The molecule has 0 fully saturated rings. The molecule has 3 N–H and O–H groups in total. The molecule has 0 saturated heterocycles. The van der Waals surface area contributed by atoms with E-state index >= 15 is 0 Å². The summed E-state index contributed by atoms with van der Waals surface area (Å²) in [7, 11) is 0. The lowest BCUT2D eigenvalue weighted by molar-refractivity contribution is 0.648. The fourth-order valence-electron chi connectivity index (χ4n) is 1.75. The highest BCUT2D eigenvalue weighted by Gasteiger charge is 2.07. The summed E-state index contributed by atoms with van der Waals surface area (Å²) >= 11 is 5.92. The normalized spacial score (nSPS) is 13.3. The number of nitrogens with one attached hydrogen (secondary N) is 1. The Bertz CT molecular complexity index is 462. The van der Waals surface area contributed by atoms with Crippen molar-refractivity contribution in [2.75, 3.05) is 0 Å². The molecule has 1 unspecified atom stereocenters. The van der Waals surface area contributed by atoms with E-state index in [1.165, 1.54) is 10.9 Å². The van der Waals surface area contributed by atoms with Crippen molar-refractivity contribution >= 4 is 22.5 Å². The first-order valence-corrected chi connectivity index (χ1v) is 5.59. The summed E-state index contributed by atoms with van der Waals surface area (Å²) in [4.78, 5) is 3.22. The summed E-state index contributed by atoms with van der Waals surface area (Å²) in [6, 6.07) is 6.14. The van der Waals surface area contributed by atoms with Crippen LogP contribution in [0.2, 0.25) is 5.02 Å². The van der Waals surface area contributed by atoms with E-state index in [9.17, 15) is 0 Å². The van der Waals surface area contributed by atoms with E-state index in [1.54, 1.807) is 0 Å². The van der Waals surface area contributed by atoms with E-state index < -0.39 is 0 Å². The lowest BCUT2D eigenvalue weighted by Gasteiger charge is -2.06. The van der Waals surface area contributed by atoms with Crippen LogP contribution in [-0.2, 0) is 6.42 Å². The smallest absolute Gasteiger partial charge is 0.0471 e. The number of hydrogen-bond acceptors (Lipinski definition) is 1. The number of fused-ring (bicyclic) bond motifs is 1. The number of benzene rings is 1. The van der Waals surface area contributed by atoms with Crippen LogP contribution in [0.3, 0.4) is 0 Å². The molecule has 0 radical (unpaired) electrons. The van der Waals surface area contributed by atoms with E-state index in [4.69, 9.17) is 17.3 Å². The molecule has 2 nitrogen and oxygen atoms in total. The summed E-state index contributed by atoms with van der Waals surface area (Å²) < 4.78 is 0. The van der Waals surface area contributed by atoms with Crippen molar-refractivity contribution in [3.05, 3.63) is 35.0 Å². The lowest BCUT2D eigenvalue weighted by atomic mass is 10.0. The minimum absolute atomic E-state index is 0.236. The van der Waals surface area contributed by atoms with Gasteiger partial charge < -0.3 is 10.7 Å². The number of rotatable bonds is 3. The van der Waals surface area contributed by atoms with E-state index in [2.05, 4.69) is 11.9 Å². The minimum Gasteiger partial charge on any atom is -0.361 e. The fraction of sp³-hybridized carbons (Fsp3) is 0.333. The molecule has 0 aliphatic heterocycles. The Morgan fingerprint density at radius 2 is 2.27 bits per heavy atom. The number of halogens is 1. The molecular formula is C12H15ClN2. The second-order valence-electron chi connectivity index (χ2n) is 3.88. The van der Waals surface area contributed by atoms with Gasteiger partial charge in [0.05, 0.1) is 0 Å². The van der Waals surface area contributed by atoms with Crippen LogP contribution in [0.15, 0.2) is 24.4 Å². The third-order valence-corrected chi connectivity index (χ3v) is 2.97. The average Bonchev–Trinajstić information content (AvgIpc) is 2.60. The van der Waals surface area contributed by atoms with Crippen LogP contribution in [0.5, 0.6) is 0 Å². The van der Waals surface area contributed by atoms with Crippen LogP contribution in [0.1, 0.15) is 18.9 Å². The second kappa shape index (κ2) is 4.25.